The van der Waals surface area contributed by atoms with Gasteiger partial charge in [0.25, 0.3) is 0 Å². The van der Waals surface area contributed by atoms with Crippen LogP contribution in [0, 0.1) is 0 Å². The van der Waals surface area contributed by atoms with Gasteiger partial charge < -0.3 is 15.3 Å². The van der Waals surface area contributed by atoms with Crippen LogP contribution in [0.4, 0.5) is 11.8 Å². The standard InChI is InChI=1S/C7H11N5O2/c1-8-5-4(6(13)14)10-11-7(9-5)12(2)3/h1-3H3,(H,13,14)(H,8,9,11). The number of rotatable bonds is 3. The molecule has 0 unspecified atom stereocenters. The third-order valence-electron chi connectivity index (χ3n) is 1.51. The number of carboxylic acids is 1. The van der Waals surface area contributed by atoms with E-state index in [0.29, 0.717) is 5.95 Å². The Hall–Kier alpha value is -1.92. The second-order valence-corrected chi connectivity index (χ2v) is 2.76. The van der Waals surface area contributed by atoms with Crippen molar-refractivity contribution in [3.8, 4) is 0 Å². The zero-order valence-electron chi connectivity index (χ0n) is 8.14. The van der Waals surface area contributed by atoms with E-state index in [1.165, 1.54) is 0 Å². The fraction of sp³-hybridized carbons (Fsp3) is 0.429. The highest BCUT2D eigenvalue weighted by atomic mass is 16.4. The van der Waals surface area contributed by atoms with Gasteiger partial charge in [-0.1, -0.05) is 0 Å². The van der Waals surface area contributed by atoms with Gasteiger partial charge in [-0.25, -0.2) is 4.79 Å². The average molecular weight is 197 g/mol. The van der Waals surface area contributed by atoms with Gasteiger partial charge in [-0.3, -0.25) is 0 Å². The van der Waals surface area contributed by atoms with Gasteiger partial charge >= 0.3 is 5.97 Å². The van der Waals surface area contributed by atoms with Crippen molar-refractivity contribution in [2.75, 3.05) is 31.4 Å². The van der Waals surface area contributed by atoms with Gasteiger partial charge in [0.1, 0.15) is 0 Å². The van der Waals surface area contributed by atoms with Crippen molar-refractivity contribution >= 4 is 17.7 Å². The first-order valence-corrected chi connectivity index (χ1v) is 3.89. The minimum atomic E-state index is -1.15. The van der Waals surface area contributed by atoms with E-state index in [1.54, 1.807) is 26.0 Å². The zero-order valence-corrected chi connectivity index (χ0v) is 8.14. The molecule has 1 aromatic rings. The topological polar surface area (TPSA) is 91.2 Å². The second-order valence-electron chi connectivity index (χ2n) is 2.76. The highest BCUT2D eigenvalue weighted by molar-refractivity contribution is 5.90. The summed E-state index contributed by atoms with van der Waals surface area (Å²) in [5.74, 6) is -0.588. The van der Waals surface area contributed by atoms with Gasteiger partial charge in [-0.05, 0) is 0 Å². The molecule has 0 aliphatic heterocycles. The lowest BCUT2D eigenvalue weighted by molar-refractivity contribution is 0.0690. The maximum Gasteiger partial charge on any atom is 0.360 e. The van der Waals surface area contributed by atoms with Crippen molar-refractivity contribution in [1.29, 1.82) is 0 Å². The summed E-state index contributed by atoms with van der Waals surface area (Å²) >= 11 is 0. The number of aromatic nitrogens is 3. The molecule has 0 atom stereocenters. The van der Waals surface area contributed by atoms with E-state index in [0.717, 1.165) is 0 Å². The Labute approximate surface area is 80.8 Å². The first-order valence-electron chi connectivity index (χ1n) is 3.89. The SMILES string of the molecule is CNc1nc(N(C)C)nnc1C(=O)O. The van der Waals surface area contributed by atoms with Gasteiger partial charge in [-0.2, -0.15) is 4.98 Å². The monoisotopic (exact) mass is 197 g/mol. The lowest BCUT2D eigenvalue weighted by Crippen LogP contribution is -2.17. The number of anilines is 2. The van der Waals surface area contributed by atoms with Gasteiger partial charge in [-0.15, -0.1) is 10.2 Å². The van der Waals surface area contributed by atoms with Gasteiger partial charge in [0, 0.05) is 21.1 Å². The van der Waals surface area contributed by atoms with Gasteiger partial charge in [0.15, 0.2) is 5.82 Å². The van der Waals surface area contributed by atoms with Crippen LogP contribution in [0.15, 0.2) is 0 Å². The number of hydrogen-bond donors (Lipinski definition) is 2. The van der Waals surface area contributed by atoms with Gasteiger partial charge in [0.2, 0.25) is 11.6 Å². The molecule has 7 nitrogen and oxygen atoms in total. The predicted molar refractivity (Wildman–Crippen MR) is 50.7 cm³/mol. The molecule has 0 amide bonds. The molecule has 2 N–H and O–H groups in total. The molecule has 1 heterocycles. The van der Waals surface area contributed by atoms with Gasteiger partial charge in [0.05, 0.1) is 0 Å². The van der Waals surface area contributed by atoms with E-state index >= 15 is 0 Å². The molecule has 1 aromatic heterocycles. The Balaban J connectivity index is 3.18. The number of carboxylic acid groups (broad SMARTS) is 1. The minimum Gasteiger partial charge on any atom is -0.476 e. The van der Waals surface area contributed by atoms with E-state index in [9.17, 15) is 4.79 Å². The lowest BCUT2D eigenvalue weighted by atomic mass is 10.4. The molecule has 0 saturated heterocycles. The molecule has 0 aromatic carbocycles. The summed E-state index contributed by atoms with van der Waals surface area (Å²) in [4.78, 5) is 16.3. The first kappa shape index (κ1) is 10.2. The molecule has 0 aliphatic rings. The molecule has 14 heavy (non-hydrogen) atoms. The number of aromatic carboxylic acids is 1. The lowest BCUT2D eigenvalue weighted by Gasteiger charge is -2.10. The molecular formula is C7H11N5O2. The predicted octanol–water partition coefficient (Wildman–Crippen LogP) is -0.323. The molecule has 0 spiro atoms. The van der Waals surface area contributed by atoms with Crippen LogP contribution in [0.3, 0.4) is 0 Å². The van der Waals surface area contributed by atoms with Crippen molar-refractivity contribution in [2.45, 2.75) is 0 Å². The average Bonchev–Trinajstić information content (AvgIpc) is 2.16. The maximum atomic E-state index is 10.7. The van der Waals surface area contributed by atoms with Crippen molar-refractivity contribution in [3.63, 3.8) is 0 Å². The van der Waals surface area contributed by atoms with Crippen LogP contribution in [0.25, 0.3) is 0 Å². The molecular weight excluding hydrogens is 186 g/mol. The number of nitrogens with zero attached hydrogens (tertiary/aromatic N) is 4. The molecule has 0 fully saturated rings. The fourth-order valence-electron chi connectivity index (χ4n) is 0.825. The van der Waals surface area contributed by atoms with Crippen LogP contribution in [-0.4, -0.2) is 47.4 Å². The Kier molecular flexibility index (Phi) is 2.80. The molecule has 0 saturated carbocycles. The maximum absolute atomic E-state index is 10.7. The molecule has 76 valence electrons. The third-order valence-corrected chi connectivity index (χ3v) is 1.51. The van der Waals surface area contributed by atoms with Crippen molar-refractivity contribution in [2.24, 2.45) is 0 Å². The summed E-state index contributed by atoms with van der Waals surface area (Å²) < 4.78 is 0. The number of nitrogens with one attached hydrogen (secondary N) is 1. The summed E-state index contributed by atoms with van der Waals surface area (Å²) in [5.41, 5.74) is -0.182. The summed E-state index contributed by atoms with van der Waals surface area (Å²) in [7, 11) is 5.07. The quantitative estimate of drug-likeness (QED) is 0.685. The summed E-state index contributed by atoms with van der Waals surface area (Å²) in [6.45, 7) is 0. The Morgan fingerprint density at radius 1 is 1.43 bits per heavy atom. The third kappa shape index (κ3) is 1.87. The fourth-order valence-corrected chi connectivity index (χ4v) is 0.825. The highest BCUT2D eigenvalue weighted by Gasteiger charge is 2.14. The van der Waals surface area contributed by atoms with Crippen LogP contribution < -0.4 is 10.2 Å². The Morgan fingerprint density at radius 2 is 2.07 bits per heavy atom. The summed E-state index contributed by atoms with van der Waals surface area (Å²) in [5, 5.41) is 18.6. The van der Waals surface area contributed by atoms with Crippen molar-refractivity contribution in [3.05, 3.63) is 5.69 Å². The van der Waals surface area contributed by atoms with Crippen LogP contribution in [0.2, 0.25) is 0 Å². The Morgan fingerprint density at radius 3 is 2.50 bits per heavy atom. The minimum absolute atomic E-state index is 0.182. The molecule has 1 rings (SSSR count). The van der Waals surface area contributed by atoms with Crippen molar-refractivity contribution < 1.29 is 9.90 Å². The van der Waals surface area contributed by atoms with Crippen LogP contribution in [-0.2, 0) is 0 Å². The molecule has 0 aliphatic carbocycles. The highest BCUT2D eigenvalue weighted by Crippen LogP contribution is 2.11. The molecule has 0 radical (unpaired) electrons. The van der Waals surface area contributed by atoms with Crippen LogP contribution in [0.1, 0.15) is 10.5 Å². The molecule has 0 bridgehead atoms. The van der Waals surface area contributed by atoms with E-state index in [2.05, 4.69) is 20.5 Å². The molecule has 7 heteroatoms. The van der Waals surface area contributed by atoms with E-state index in [4.69, 9.17) is 5.11 Å². The van der Waals surface area contributed by atoms with E-state index in [-0.39, 0.29) is 11.5 Å². The van der Waals surface area contributed by atoms with Crippen LogP contribution in [0.5, 0.6) is 0 Å². The second kappa shape index (κ2) is 3.86. The summed E-state index contributed by atoms with van der Waals surface area (Å²) in [6.07, 6.45) is 0. The largest absolute Gasteiger partial charge is 0.476 e. The first-order chi connectivity index (χ1) is 6.56. The van der Waals surface area contributed by atoms with E-state index in [1.807, 2.05) is 0 Å². The summed E-state index contributed by atoms with van der Waals surface area (Å²) in [6, 6.07) is 0. The number of carbonyl (C=O) groups is 1. The number of hydrogen-bond acceptors (Lipinski definition) is 6. The zero-order chi connectivity index (χ0) is 10.7. The van der Waals surface area contributed by atoms with Crippen molar-refractivity contribution in [1.82, 2.24) is 15.2 Å². The van der Waals surface area contributed by atoms with E-state index < -0.39 is 5.97 Å². The Bertz CT molecular complexity index is 352. The normalized spacial score (nSPS) is 9.64. The van der Waals surface area contributed by atoms with Crippen LogP contribution >= 0.6 is 0 Å². The smallest absolute Gasteiger partial charge is 0.360 e.